The summed E-state index contributed by atoms with van der Waals surface area (Å²) in [6, 6.07) is 6.42. The molecule has 0 saturated heterocycles. The van der Waals surface area contributed by atoms with Crippen LogP contribution >= 0.6 is 15.9 Å². The number of carbonyl (C=O) groups excluding carboxylic acids is 1. The molecule has 0 saturated carbocycles. The van der Waals surface area contributed by atoms with Crippen LogP contribution in [0.5, 0.6) is 0 Å². The molecule has 0 spiro atoms. The van der Waals surface area contributed by atoms with Crippen molar-refractivity contribution >= 4 is 27.5 Å². The molecule has 0 radical (unpaired) electrons. The largest absolute Gasteiger partial charge is 0.320 e. The van der Waals surface area contributed by atoms with Gasteiger partial charge in [0, 0.05) is 0 Å². The summed E-state index contributed by atoms with van der Waals surface area (Å²) in [5, 5.41) is 2.36. The third-order valence-corrected chi connectivity index (χ3v) is 2.64. The fraction of sp³-hybridized carbons (Fsp3) is 0. The Bertz CT molecular complexity index is 567. The Morgan fingerprint density at radius 1 is 1.17 bits per heavy atom. The van der Waals surface area contributed by atoms with Crippen LogP contribution in [0.4, 0.5) is 14.5 Å². The van der Waals surface area contributed by atoms with Gasteiger partial charge in [0.15, 0.2) is 0 Å². The number of amides is 1. The fourth-order valence-corrected chi connectivity index (χ4v) is 1.59. The van der Waals surface area contributed by atoms with E-state index in [2.05, 4.69) is 26.2 Å². The Kier molecular flexibility index (Phi) is 3.66. The Balaban J connectivity index is 2.25. The Labute approximate surface area is 110 Å². The Morgan fingerprint density at radius 2 is 1.83 bits per heavy atom. The van der Waals surface area contributed by atoms with Crippen LogP contribution in [0.1, 0.15) is 10.4 Å². The van der Waals surface area contributed by atoms with Crippen molar-refractivity contribution in [3.63, 3.8) is 0 Å². The molecule has 1 amide bonds. The molecule has 0 aliphatic carbocycles. The second-order valence-electron chi connectivity index (χ2n) is 3.42. The Morgan fingerprint density at radius 3 is 2.39 bits per heavy atom. The molecule has 1 heterocycles. The van der Waals surface area contributed by atoms with Crippen molar-refractivity contribution in [3.8, 4) is 0 Å². The SMILES string of the molecule is O=C(Nc1ccc(Br)nc1)c1c(F)cccc1F. The van der Waals surface area contributed by atoms with Crippen molar-refractivity contribution < 1.29 is 13.6 Å². The lowest BCUT2D eigenvalue weighted by atomic mass is 10.2. The first kappa shape index (κ1) is 12.6. The molecule has 0 aliphatic heterocycles. The van der Waals surface area contributed by atoms with E-state index < -0.39 is 23.1 Å². The average molecular weight is 313 g/mol. The van der Waals surface area contributed by atoms with Crippen LogP contribution < -0.4 is 5.32 Å². The number of rotatable bonds is 2. The number of hydrogen-bond acceptors (Lipinski definition) is 2. The normalized spacial score (nSPS) is 10.2. The summed E-state index contributed by atoms with van der Waals surface area (Å²) in [5.74, 6) is -2.66. The average Bonchev–Trinajstić information content (AvgIpc) is 2.32. The van der Waals surface area contributed by atoms with Crippen molar-refractivity contribution in [2.75, 3.05) is 5.32 Å². The van der Waals surface area contributed by atoms with Gasteiger partial charge in [-0.3, -0.25) is 4.79 Å². The highest BCUT2D eigenvalue weighted by molar-refractivity contribution is 9.10. The quantitative estimate of drug-likeness (QED) is 0.864. The van der Waals surface area contributed by atoms with Crippen LogP contribution in [0.15, 0.2) is 41.1 Å². The number of nitrogens with zero attached hydrogens (tertiary/aromatic N) is 1. The fourth-order valence-electron chi connectivity index (χ4n) is 1.36. The summed E-state index contributed by atoms with van der Waals surface area (Å²) >= 11 is 3.14. The van der Waals surface area contributed by atoms with E-state index in [0.717, 1.165) is 12.1 Å². The molecule has 2 aromatic rings. The van der Waals surface area contributed by atoms with E-state index in [9.17, 15) is 13.6 Å². The lowest BCUT2D eigenvalue weighted by Crippen LogP contribution is -2.15. The minimum absolute atomic E-state index is 0.353. The summed E-state index contributed by atoms with van der Waals surface area (Å²) in [7, 11) is 0. The van der Waals surface area contributed by atoms with Crippen LogP contribution in [0.25, 0.3) is 0 Å². The molecule has 6 heteroatoms. The van der Waals surface area contributed by atoms with E-state index in [1.165, 1.54) is 12.3 Å². The molecule has 1 aromatic carbocycles. The van der Waals surface area contributed by atoms with Crippen LogP contribution in [0.3, 0.4) is 0 Å². The molecule has 92 valence electrons. The highest BCUT2D eigenvalue weighted by Crippen LogP contribution is 2.15. The van der Waals surface area contributed by atoms with Crippen molar-refractivity contribution in [1.82, 2.24) is 4.98 Å². The zero-order valence-corrected chi connectivity index (χ0v) is 10.5. The highest BCUT2D eigenvalue weighted by atomic mass is 79.9. The highest BCUT2D eigenvalue weighted by Gasteiger charge is 2.16. The van der Waals surface area contributed by atoms with Gasteiger partial charge >= 0.3 is 0 Å². The van der Waals surface area contributed by atoms with Gasteiger partial charge in [-0.15, -0.1) is 0 Å². The monoisotopic (exact) mass is 312 g/mol. The molecule has 0 aliphatic rings. The van der Waals surface area contributed by atoms with E-state index in [-0.39, 0.29) is 0 Å². The summed E-state index contributed by atoms with van der Waals surface area (Å²) < 4.78 is 27.3. The van der Waals surface area contributed by atoms with Crippen molar-refractivity contribution in [2.24, 2.45) is 0 Å². The summed E-state index contributed by atoms with van der Waals surface area (Å²) in [6.45, 7) is 0. The predicted molar refractivity (Wildman–Crippen MR) is 66.2 cm³/mol. The Hall–Kier alpha value is -1.82. The van der Waals surface area contributed by atoms with Crippen molar-refractivity contribution in [1.29, 1.82) is 0 Å². The molecule has 3 nitrogen and oxygen atoms in total. The van der Waals surface area contributed by atoms with Crippen LogP contribution in [0, 0.1) is 11.6 Å². The first-order valence-corrected chi connectivity index (χ1v) is 5.74. The lowest BCUT2D eigenvalue weighted by molar-refractivity contribution is 0.101. The maximum Gasteiger partial charge on any atom is 0.261 e. The van der Waals surface area contributed by atoms with Gasteiger partial charge in [-0.25, -0.2) is 13.8 Å². The smallest absolute Gasteiger partial charge is 0.261 e. The molecule has 1 aromatic heterocycles. The van der Waals surface area contributed by atoms with Gasteiger partial charge in [-0.05, 0) is 40.2 Å². The van der Waals surface area contributed by atoms with Gasteiger partial charge in [-0.1, -0.05) is 6.07 Å². The first-order chi connectivity index (χ1) is 8.58. The second kappa shape index (κ2) is 5.22. The van der Waals surface area contributed by atoms with E-state index >= 15 is 0 Å². The van der Waals surface area contributed by atoms with Crippen LogP contribution in [-0.4, -0.2) is 10.9 Å². The number of benzene rings is 1. The second-order valence-corrected chi connectivity index (χ2v) is 4.23. The number of halogens is 3. The van der Waals surface area contributed by atoms with E-state index in [0.29, 0.717) is 10.3 Å². The minimum Gasteiger partial charge on any atom is -0.320 e. The molecule has 18 heavy (non-hydrogen) atoms. The van der Waals surface area contributed by atoms with Crippen molar-refractivity contribution in [2.45, 2.75) is 0 Å². The molecular weight excluding hydrogens is 306 g/mol. The minimum atomic E-state index is -0.905. The number of hydrogen-bond donors (Lipinski definition) is 1. The molecule has 1 N–H and O–H groups in total. The predicted octanol–water partition coefficient (Wildman–Crippen LogP) is 3.37. The molecule has 0 atom stereocenters. The van der Waals surface area contributed by atoms with E-state index in [1.54, 1.807) is 12.1 Å². The summed E-state index contributed by atoms with van der Waals surface area (Å²) in [6.07, 6.45) is 1.38. The molecule has 0 fully saturated rings. The maximum absolute atomic E-state index is 13.3. The number of aromatic nitrogens is 1. The molecule has 0 unspecified atom stereocenters. The van der Waals surface area contributed by atoms with Crippen LogP contribution in [0.2, 0.25) is 0 Å². The standard InChI is InChI=1S/C12H7BrF2N2O/c13-10-5-4-7(6-16-10)17-12(18)11-8(14)2-1-3-9(11)15/h1-6H,(H,17,18). The molecule has 0 bridgehead atoms. The topological polar surface area (TPSA) is 42.0 Å². The third kappa shape index (κ3) is 2.70. The van der Waals surface area contributed by atoms with Gasteiger partial charge in [0.2, 0.25) is 0 Å². The first-order valence-electron chi connectivity index (χ1n) is 4.95. The van der Waals surface area contributed by atoms with Gasteiger partial charge in [0.05, 0.1) is 11.9 Å². The molecular formula is C12H7BrF2N2O. The zero-order chi connectivity index (χ0) is 13.1. The van der Waals surface area contributed by atoms with Gasteiger partial charge in [0.25, 0.3) is 5.91 Å². The number of pyridine rings is 1. The van der Waals surface area contributed by atoms with Gasteiger partial charge in [-0.2, -0.15) is 0 Å². The number of anilines is 1. The molecule has 2 rings (SSSR count). The van der Waals surface area contributed by atoms with Gasteiger partial charge < -0.3 is 5.32 Å². The third-order valence-electron chi connectivity index (χ3n) is 2.18. The zero-order valence-electron chi connectivity index (χ0n) is 8.95. The lowest BCUT2D eigenvalue weighted by Gasteiger charge is -2.06. The van der Waals surface area contributed by atoms with E-state index in [4.69, 9.17) is 0 Å². The number of nitrogens with one attached hydrogen (secondary N) is 1. The van der Waals surface area contributed by atoms with E-state index in [1.807, 2.05) is 0 Å². The summed E-state index contributed by atoms with van der Waals surface area (Å²) in [4.78, 5) is 15.6. The number of carbonyl (C=O) groups is 1. The maximum atomic E-state index is 13.3. The van der Waals surface area contributed by atoms with Gasteiger partial charge in [0.1, 0.15) is 21.8 Å². The summed E-state index contributed by atoms with van der Waals surface area (Å²) in [5.41, 5.74) is -0.258. The van der Waals surface area contributed by atoms with Crippen molar-refractivity contribution in [3.05, 3.63) is 58.3 Å². The van der Waals surface area contributed by atoms with Crippen LogP contribution in [-0.2, 0) is 0 Å².